The van der Waals surface area contributed by atoms with Gasteiger partial charge in [0.25, 0.3) is 0 Å². The molecule has 1 aliphatic rings. The van der Waals surface area contributed by atoms with Crippen LogP contribution >= 0.6 is 0 Å². The van der Waals surface area contributed by atoms with E-state index < -0.39 is 11.4 Å². The zero-order valence-corrected chi connectivity index (χ0v) is 7.45. The molecular formula is C10H11NO2. The highest BCUT2D eigenvalue weighted by atomic mass is 16.4. The van der Waals surface area contributed by atoms with E-state index in [1.807, 2.05) is 12.1 Å². The molecule has 1 heterocycles. The van der Waals surface area contributed by atoms with Gasteiger partial charge in [-0.2, -0.15) is 0 Å². The molecule has 1 N–H and O–H groups in total. The lowest BCUT2D eigenvalue weighted by Crippen LogP contribution is -2.27. The molecule has 1 unspecified atom stereocenters. The fourth-order valence-corrected chi connectivity index (χ4v) is 1.80. The minimum atomic E-state index is -0.731. The van der Waals surface area contributed by atoms with E-state index in [1.165, 1.54) is 0 Å². The van der Waals surface area contributed by atoms with Crippen LogP contribution < -0.4 is 0 Å². The van der Waals surface area contributed by atoms with E-state index in [-0.39, 0.29) is 0 Å². The Labute approximate surface area is 76.4 Å². The highest BCUT2D eigenvalue weighted by molar-refractivity contribution is 5.76. The van der Waals surface area contributed by atoms with Crippen LogP contribution in [-0.2, 0) is 17.6 Å². The molecule has 2 rings (SSSR count). The summed E-state index contributed by atoms with van der Waals surface area (Å²) in [5, 5.41) is 9.02. The third kappa shape index (κ3) is 1.20. The average Bonchev–Trinajstić information content (AvgIpc) is 2.42. The first-order valence-electron chi connectivity index (χ1n) is 4.28. The standard InChI is InChI=1S/C10H11NO2/c1-10(9(12)13)5-7-3-2-4-11-8(7)6-10/h2-4H,5-6H2,1H3,(H,12,13). The number of nitrogens with zero attached hydrogens (tertiary/aromatic N) is 1. The zero-order chi connectivity index (χ0) is 9.47. The van der Waals surface area contributed by atoms with Gasteiger partial charge in [0.15, 0.2) is 0 Å². The Kier molecular flexibility index (Phi) is 1.62. The number of carboxylic acids is 1. The second-order valence-corrected chi connectivity index (χ2v) is 3.83. The lowest BCUT2D eigenvalue weighted by molar-refractivity contribution is -0.147. The smallest absolute Gasteiger partial charge is 0.310 e. The van der Waals surface area contributed by atoms with Gasteiger partial charge in [-0.3, -0.25) is 9.78 Å². The molecule has 68 valence electrons. The van der Waals surface area contributed by atoms with E-state index in [4.69, 9.17) is 5.11 Å². The van der Waals surface area contributed by atoms with E-state index in [2.05, 4.69) is 4.98 Å². The number of aromatic nitrogens is 1. The molecule has 1 aliphatic carbocycles. The normalized spacial score (nSPS) is 25.6. The van der Waals surface area contributed by atoms with Gasteiger partial charge in [-0.1, -0.05) is 6.07 Å². The zero-order valence-electron chi connectivity index (χ0n) is 7.45. The number of carbonyl (C=O) groups is 1. The molecule has 0 aromatic carbocycles. The lowest BCUT2D eigenvalue weighted by atomic mass is 9.88. The first-order chi connectivity index (χ1) is 6.12. The summed E-state index contributed by atoms with van der Waals surface area (Å²) in [7, 11) is 0. The number of aliphatic carboxylic acids is 1. The Morgan fingerprint density at radius 3 is 3.00 bits per heavy atom. The number of hydrogen-bond acceptors (Lipinski definition) is 2. The molecule has 0 radical (unpaired) electrons. The maximum absolute atomic E-state index is 11.0. The van der Waals surface area contributed by atoms with Gasteiger partial charge in [-0.15, -0.1) is 0 Å². The van der Waals surface area contributed by atoms with E-state index in [0.717, 1.165) is 11.3 Å². The first kappa shape index (κ1) is 8.23. The quantitative estimate of drug-likeness (QED) is 0.702. The number of pyridine rings is 1. The maximum atomic E-state index is 11.0. The molecule has 0 aliphatic heterocycles. The molecule has 0 bridgehead atoms. The number of hydrogen-bond donors (Lipinski definition) is 1. The van der Waals surface area contributed by atoms with Crippen molar-refractivity contribution in [3.8, 4) is 0 Å². The van der Waals surface area contributed by atoms with Crippen LogP contribution in [0.15, 0.2) is 18.3 Å². The van der Waals surface area contributed by atoms with Crippen molar-refractivity contribution in [1.82, 2.24) is 4.98 Å². The van der Waals surface area contributed by atoms with Gasteiger partial charge in [-0.25, -0.2) is 0 Å². The van der Waals surface area contributed by atoms with Gasteiger partial charge in [0.1, 0.15) is 0 Å². The van der Waals surface area contributed by atoms with Crippen LogP contribution in [0.2, 0.25) is 0 Å². The molecule has 0 saturated heterocycles. The molecule has 1 aromatic heterocycles. The lowest BCUT2D eigenvalue weighted by Gasteiger charge is -2.15. The van der Waals surface area contributed by atoms with Gasteiger partial charge in [0, 0.05) is 18.3 Å². The summed E-state index contributed by atoms with van der Waals surface area (Å²) in [6.07, 6.45) is 2.87. The summed E-state index contributed by atoms with van der Waals surface area (Å²) in [4.78, 5) is 15.1. The van der Waals surface area contributed by atoms with Crippen LogP contribution in [0, 0.1) is 5.41 Å². The molecule has 3 heteroatoms. The van der Waals surface area contributed by atoms with Crippen LogP contribution in [0.4, 0.5) is 0 Å². The molecular weight excluding hydrogens is 166 g/mol. The largest absolute Gasteiger partial charge is 0.481 e. The Balaban J connectivity index is 2.37. The van der Waals surface area contributed by atoms with Crippen molar-refractivity contribution in [2.75, 3.05) is 0 Å². The van der Waals surface area contributed by atoms with E-state index in [9.17, 15) is 4.79 Å². The topological polar surface area (TPSA) is 50.2 Å². The van der Waals surface area contributed by atoms with Crippen LogP contribution in [0.1, 0.15) is 18.2 Å². The second kappa shape index (κ2) is 2.55. The number of fused-ring (bicyclic) bond motifs is 1. The highest BCUT2D eigenvalue weighted by Gasteiger charge is 2.40. The molecule has 0 spiro atoms. The summed E-state index contributed by atoms with van der Waals surface area (Å²) in [5.74, 6) is -0.731. The monoisotopic (exact) mass is 177 g/mol. The summed E-state index contributed by atoms with van der Waals surface area (Å²) < 4.78 is 0. The van der Waals surface area contributed by atoms with Crippen molar-refractivity contribution in [3.63, 3.8) is 0 Å². The van der Waals surface area contributed by atoms with Crippen molar-refractivity contribution >= 4 is 5.97 Å². The Hall–Kier alpha value is -1.38. The van der Waals surface area contributed by atoms with Crippen LogP contribution in [0.25, 0.3) is 0 Å². The van der Waals surface area contributed by atoms with Gasteiger partial charge >= 0.3 is 5.97 Å². The molecule has 3 nitrogen and oxygen atoms in total. The first-order valence-corrected chi connectivity index (χ1v) is 4.28. The number of rotatable bonds is 1. The maximum Gasteiger partial charge on any atom is 0.310 e. The minimum Gasteiger partial charge on any atom is -0.481 e. The molecule has 13 heavy (non-hydrogen) atoms. The van der Waals surface area contributed by atoms with Crippen molar-refractivity contribution in [2.45, 2.75) is 19.8 Å². The Morgan fingerprint density at radius 2 is 2.38 bits per heavy atom. The minimum absolute atomic E-state index is 0.554. The van der Waals surface area contributed by atoms with E-state index >= 15 is 0 Å². The summed E-state index contributed by atoms with van der Waals surface area (Å²) >= 11 is 0. The summed E-state index contributed by atoms with van der Waals surface area (Å²) in [5.41, 5.74) is 1.37. The van der Waals surface area contributed by atoms with Crippen LogP contribution in [0.5, 0.6) is 0 Å². The van der Waals surface area contributed by atoms with Crippen molar-refractivity contribution in [1.29, 1.82) is 0 Å². The van der Waals surface area contributed by atoms with Crippen molar-refractivity contribution in [3.05, 3.63) is 29.6 Å². The molecule has 0 amide bonds. The Bertz CT molecular complexity index is 335. The summed E-state index contributed by atoms with van der Waals surface area (Å²) in [6.45, 7) is 1.77. The van der Waals surface area contributed by atoms with Gasteiger partial charge in [0.2, 0.25) is 0 Å². The van der Waals surface area contributed by atoms with Gasteiger partial charge in [-0.05, 0) is 25.0 Å². The third-order valence-electron chi connectivity index (χ3n) is 2.64. The van der Waals surface area contributed by atoms with E-state index in [1.54, 1.807) is 13.1 Å². The van der Waals surface area contributed by atoms with Crippen LogP contribution in [0.3, 0.4) is 0 Å². The van der Waals surface area contributed by atoms with Crippen LogP contribution in [-0.4, -0.2) is 16.1 Å². The molecule has 0 fully saturated rings. The van der Waals surface area contributed by atoms with Crippen molar-refractivity contribution in [2.24, 2.45) is 5.41 Å². The average molecular weight is 177 g/mol. The molecule has 1 atom stereocenters. The SMILES string of the molecule is CC1(C(=O)O)Cc2cccnc2C1. The summed E-state index contributed by atoms with van der Waals surface area (Å²) in [6, 6.07) is 3.81. The Morgan fingerprint density at radius 1 is 1.62 bits per heavy atom. The number of carboxylic acid groups (broad SMARTS) is 1. The van der Waals surface area contributed by atoms with Crippen molar-refractivity contribution < 1.29 is 9.90 Å². The highest BCUT2D eigenvalue weighted by Crippen LogP contribution is 2.35. The van der Waals surface area contributed by atoms with Gasteiger partial charge < -0.3 is 5.11 Å². The fourth-order valence-electron chi connectivity index (χ4n) is 1.80. The predicted molar refractivity (Wildman–Crippen MR) is 47.4 cm³/mol. The van der Waals surface area contributed by atoms with Gasteiger partial charge in [0.05, 0.1) is 5.41 Å². The third-order valence-corrected chi connectivity index (χ3v) is 2.64. The van der Waals surface area contributed by atoms with E-state index in [0.29, 0.717) is 12.8 Å². The predicted octanol–water partition coefficient (Wildman–Crippen LogP) is 1.27. The fraction of sp³-hybridized carbons (Fsp3) is 0.400. The molecule has 1 aromatic rings. The second-order valence-electron chi connectivity index (χ2n) is 3.83. The molecule has 0 saturated carbocycles.